The van der Waals surface area contributed by atoms with E-state index in [0.29, 0.717) is 34.6 Å². The van der Waals surface area contributed by atoms with Crippen LogP contribution in [0.2, 0.25) is 0 Å². The van der Waals surface area contributed by atoms with Crippen LogP contribution in [0.5, 0.6) is 16.7 Å². The van der Waals surface area contributed by atoms with Gasteiger partial charge in [0.1, 0.15) is 29.4 Å². The van der Waals surface area contributed by atoms with E-state index in [9.17, 15) is 0 Å². The van der Waals surface area contributed by atoms with E-state index in [1.165, 1.54) is 11.3 Å². The molecule has 0 bridgehead atoms. The van der Waals surface area contributed by atoms with Gasteiger partial charge < -0.3 is 18.6 Å². The van der Waals surface area contributed by atoms with Crippen LogP contribution in [-0.4, -0.2) is 33.8 Å². The van der Waals surface area contributed by atoms with E-state index in [1.807, 2.05) is 30.5 Å². The molecule has 0 N–H and O–H groups in total. The maximum atomic E-state index is 6.09. The number of benzene rings is 1. The van der Waals surface area contributed by atoms with Gasteiger partial charge in [-0.1, -0.05) is 0 Å². The van der Waals surface area contributed by atoms with Crippen LogP contribution in [0.1, 0.15) is 10.7 Å². The molecule has 0 aliphatic heterocycles. The predicted molar refractivity (Wildman–Crippen MR) is 110 cm³/mol. The molecule has 0 atom stereocenters. The molecule has 0 saturated carbocycles. The molecule has 0 saturated heterocycles. The van der Waals surface area contributed by atoms with Gasteiger partial charge in [-0.3, -0.25) is 0 Å². The molecule has 148 valence electrons. The van der Waals surface area contributed by atoms with E-state index < -0.39 is 0 Å². The van der Waals surface area contributed by atoms with Crippen LogP contribution in [0.25, 0.3) is 27.4 Å². The minimum atomic E-state index is 0.368. The summed E-state index contributed by atoms with van der Waals surface area (Å²) in [7, 11) is 3.19. The van der Waals surface area contributed by atoms with Gasteiger partial charge in [-0.2, -0.15) is 4.52 Å². The molecule has 4 aromatic heterocycles. The molecule has 0 aliphatic rings. The van der Waals surface area contributed by atoms with E-state index in [1.54, 1.807) is 36.3 Å². The van der Waals surface area contributed by atoms with Gasteiger partial charge >= 0.3 is 0 Å². The number of nitrogens with zero attached hydrogens (tertiary/aromatic N) is 4. The lowest BCUT2D eigenvalue weighted by Crippen LogP contribution is -1.96. The molecule has 0 unspecified atom stereocenters. The second-order valence-electron chi connectivity index (χ2n) is 6.20. The Bertz CT molecular complexity index is 1320. The van der Waals surface area contributed by atoms with E-state index in [4.69, 9.17) is 18.6 Å². The molecule has 0 radical (unpaired) electrons. The third-order valence-corrected chi connectivity index (χ3v) is 6.05. The number of rotatable bonds is 6. The lowest BCUT2D eigenvalue weighted by atomic mass is 10.2. The van der Waals surface area contributed by atoms with Crippen molar-refractivity contribution in [2.75, 3.05) is 14.2 Å². The third-order valence-electron chi connectivity index (χ3n) is 4.34. The van der Waals surface area contributed by atoms with Crippen molar-refractivity contribution in [2.24, 2.45) is 0 Å². The van der Waals surface area contributed by atoms with Crippen LogP contribution >= 0.6 is 22.7 Å². The summed E-state index contributed by atoms with van der Waals surface area (Å²) in [4.78, 5) is 9.56. The van der Waals surface area contributed by atoms with E-state index in [0.717, 1.165) is 26.7 Å². The zero-order valence-corrected chi connectivity index (χ0v) is 17.5. The Morgan fingerprint density at radius 1 is 1.17 bits per heavy atom. The van der Waals surface area contributed by atoms with Gasteiger partial charge in [-0.25, -0.2) is 9.97 Å². The van der Waals surface area contributed by atoms with Crippen molar-refractivity contribution in [1.29, 1.82) is 0 Å². The summed E-state index contributed by atoms with van der Waals surface area (Å²) in [6.07, 6.45) is 1.73. The number of furan rings is 1. The standard InChI is InChI=1S/C19H16N4O4S2/c1-10-21-11(9-28-10)8-26-15-4-12(24-2)5-16-13(15)6-17(27-16)14-7-20-18-23(14)22-19(25-3)29-18/h4-7,9H,8H2,1-3H3. The molecule has 5 aromatic rings. The highest BCUT2D eigenvalue weighted by molar-refractivity contribution is 7.18. The maximum absolute atomic E-state index is 6.09. The lowest BCUT2D eigenvalue weighted by Gasteiger charge is -2.07. The average Bonchev–Trinajstić information content (AvgIpc) is 3.48. The summed E-state index contributed by atoms with van der Waals surface area (Å²) < 4.78 is 24.5. The van der Waals surface area contributed by atoms with Gasteiger partial charge in [-0.15, -0.1) is 16.4 Å². The lowest BCUT2D eigenvalue weighted by molar-refractivity contribution is 0.303. The number of imidazole rings is 1. The third kappa shape index (κ3) is 3.19. The number of aromatic nitrogens is 4. The highest BCUT2D eigenvalue weighted by Crippen LogP contribution is 2.38. The topological polar surface area (TPSA) is 83.9 Å². The van der Waals surface area contributed by atoms with Crippen molar-refractivity contribution < 1.29 is 18.6 Å². The molecule has 1 aromatic carbocycles. The highest BCUT2D eigenvalue weighted by Gasteiger charge is 2.18. The van der Waals surface area contributed by atoms with Crippen molar-refractivity contribution in [3.63, 3.8) is 0 Å². The molecule has 0 spiro atoms. The number of fused-ring (bicyclic) bond motifs is 2. The summed E-state index contributed by atoms with van der Waals surface area (Å²) in [5, 5.41) is 8.77. The van der Waals surface area contributed by atoms with E-state index in [2.05, 4.69) is 15.1 Å². The molecule has 0 amide bonds. The molecule has 29 heavy (non-hydrogen) atoms. The van der Waals surface area contributed by atoms with Gasteiger partial charge in [0.15, 0.2) is 5.76 Å². The fourth-order valence-corrected chi connectivity index (χ4v) is 4.29. The fourth-order valence-electron chi connectivity index (χ4n) is 3.00. The number of hydrogen-bond donors (Lipinski definition) is 0. The van der Waals surface area contributed by atoms with Crippen molar-refractivity contribution in [3.05, 3.63) is 40.5 Å². The van der Waals surface area contributed by atoms with Crippen LogP contribution in [0, 0.1) is 6.92 Å². The summed E-state index contributed by atoms with van der Waals surface area (Å²) in [6, 6.07) is 5.60. The molecule has 5 rings (SSSR count). The highest BCUT2D eigenvalue weighted by atomic mass is 32.1. The fraction of sp³-hybridized carbons (Fsp3) is 0.211. The predicted octanol–water partition coefficient (Wildman–Crippen LogP) is 4.57. The first-order valence-corrected chi connectivity index (χ1v) is 10.4. The molecular weight excluding hydrogens is 412 g/mol. The maximum Gasteiger partial charge on any atom is 0.294 e. The van der Waals surface area contributed by atoms with E-state index in [-0.39, 0.29) is 0 Å². The summed E-state index contributed by atoms with van der Waals surface area (Å²) in [5.41, 5.74) is 2.27. The second-order valence-corrected chi connectivity index (χ2v) is 8.19. The molecule has 8 nitrogen and oxygen atoms in total. The Labute approximate surface area is 173 Å². The zero-order valence-electron chi connectivity index (χ0n) is 15.8. The van der Waals surface area contributed by atoms with Crippen molar-refractivity contribution >= 4 is 38.6 Å². The number of aryl methyl sites for hydroxylation is 1. The average molecular weight is 428 g/mol. The monoisotopic (exact) mass is 428 g/mol. The van der Waals surface area contributed by atoms with Crippen molar-refractivity contribution in [3.8, 4) is 28.1 Å². The molecular formula is C19H16N4O4S2. The number of hydrogen-bond acceptors (Lipinski definition) is 9. The quantitative estimate of drug-likeness (QED) is 0.392. The Morgan fingerprint density at radius 2 is 2.07 bits per heavy atom. The van der Waals surface area contributed by atoms with Gasteiger partial charge in [0.25, 0.3) is 5.19 Å². The SMILES string of the molecule is COc1cc(OCc2csc(C)n2)c2cc(-c3cnc4sc(OC)nn34)oc2c1. The van der Waals surface area contributed by atoms with Crippen LogP contribution in [0.4, 0.5) is 0 Å². The van der Waals surface area contributed by atoms with Gasteiger partial charge in [0.2, 0.25) is 4.96 Å². The number of thiazole rings is 1. The largest absolute Gasteiger partial charge is 0.496 e. The van der Waals surface area contributed by atoms with Crippen LogP contribution in [0.15, 0.2) is 34.2 Å². The number of ether oxygens (including phenoxy) is 3. The Kier molecular flexibility index (Phi) is 4.36. The summed E-state index contributed by atoms with van der Waals surface area (Å²) in [5.74, 6) is 1.94. The van der Waals surface area contributed by atoms with E-state index >= 15 is 0 Å². The molecule has 0 fully saturated rings. The minimum absolute atomic E-state index is 0.368. The summed E-state index contributed by atoms with van der Waals surface area (Å²) >= 11 is 2.96. The number of methoxy groups -OCH3 is 2. The first-order chi connectivity index (χ1) is 14.1. The van der Waals surface area contributed by atoms with Gasteiger partial charge in [0.05, 0.1) is 36.5 Å². The molecule has 0 aliphatic carbocycles. The van der Waals surface area contributed by atoms with Crippen molar-refractivity contribution in [1.82, 2.24) is 19.6 Å². The smallest absolute Gasteiger partial charge is 0.294 e. The normalized spacial score (nSPS) is 11.4. The van der Waals surface area contributed by atoms with Gasteiger partial charge in [0, 0.05) is 17.5 Å². The first-order valence-electron chi connectivity index (χ1n) is 8.69. The molecule has 10 heteroatoms. The molecule has 4 heterocycles. The Balaban J connectivity index is 1.56. The van der Waals surface area contributed by atoms with Crippen molar-refractivity contribution in [2.45, 2.75) is 13.5 Å². The van der Waals surface area contributed by atoms with Crippen LogP contribution in [-0.2, 0) is 6.61 Å². The summed E-state index contributed by atoms with van der Waals surface area (Å²) in [6.45, 7) is 2.34. The van der Waals surface area contributed by atoms with Gasteiger partial charge in [-0.05, 0) is 24.3 Å². The first kappa shape index (κ1) is 18.0. The minimum Gasteiger partial charge on any atom is -0.496 e. The Morgan fingerprint density at radius 3 is 2.83 bits per heavy atom. The van der Waals surface area contributed by atoms with Crippen LogP contribution < -0.4 is 14.2 Å². The Hall–Kier alpha value is -3.11. The second kappa shape index (κ2) is 7.05. The zero-order chi connectivity index (χ0) is 20.0. The van der Waals surface area contributed by atoms with Crippen LogP contribution in [0.3, 0.4) is 0 Å².